The van der Waals surface area contributed by atoms with Gasteiger partial charge in [-0.15, -0.1) is 0 Å². The van der Waals surface area contributed by atoms with E-state index in [1.54, 1.807) is 6.20 Å². The fraction of sp³-hybridized carbons (Fsp3) is 0.579. The van der Waals surface area contributed by atoms with Gasteiger partial charge in [0.1, 0.15) is 5.82 Å². The van der Waals surface area contributed by atoms with Crippen LogP contribution in [0.2, 0.25) is 0 Å². The second-order valence-electron chi connectivity index (χ2n) is 7.61. The molecule has 4 heterocycles. The third kappa shape index (κ3) is 3.53. The molecule has 8 nitrogen and oxygen atoms in total. The van der Waals surface area contributed by atoms with E-state index in [9.17, 15) is 4.79 Å². The van der Waals surface area contributed by atoms with Gasteiger partial charge in [0.25, 0.3) is 5.91 Å². The maximum Gasteiger partial charge on any atom is 0.291 e. The van der Waals surface area contributed by atoms with Crippen molar-refractivity contribution in [3.8, 4) is 0 Å². The number of nitrogens with zero attached hydrogens (tertiary/aromatic N) is 6. The Kier molecular flexibility index (Phi) is 4.82. The molecule has 2 aromatic heterocycles. The van der Waals surface area contributed by atoms with Gasteiger partial charge in [-0.3, -0.25) is 4.79 Å². The molecule has 2 fully saturated rings. The number of nitrogens with two attached hydrogens (primary N) is 1. The van der Waals surface area contributed by atoms with Crippen molar-refractivity contribution in [2.75, 3.05) is 31.1 Å². The zero-order valence-electron chi connectivity index (χ0n) is 16.0. The summed E-state index contributed by atoms with van der Waals surface area (Å²) in [5.74, 6) is 1.08. The van der Waals surface area contributed by atoms with Gasteiger partial charge in [0.15, 0.2) is 0 Å². The van der Waals surface area contributed by atoms with E-state index in [4.69, 9.17) is 5.73 Å². The SMILES string of the molecule is Cc1nc(C(=O)N2CCC(n3ccnc3)CC2)nc(N2CC[C@@H](N)C2)c1C. The Bertz CT molecular complexity index is 812. The third-order valence-corrected chi connectivity index (χ3v) is 5.78. The number of amides is 1. The molecule has 1 amide bonds. The van der Waals surface area contributed by atoms with Crippen LogP contribution < -0.4 is 10.6 Å². The Morgan fingerprint density at radius 2 is 1.93 bits per heavy atom. The smallest absolute Gasteiger partial charge is 0.291 e. The number of imidazole rings is 1. The summed E-state index contributed by atoms with van der Waals surface area (Å²) in [4.78, 5) is 30.3. The van der Waals surface area contributed by atoms with Gasteiger partial charge < -0.3 is 20.1 Å². The zero-order valence-corrected chi connectivity index (χ0v) is 16.0. The number of hydrogen-bond acceptors (Lipinski definition) is 6. The largest absolute Gasteiger partial charge is 0.355 e. The molecule has 0 spiro atoms. The van der Waals surface area contributed by atoms with Crippen molar-refractivity contribution in [1.29, 1.82) is 0 Å². The Morgan fingerprint density at radius 3 is 2.56 bits per heavy atom. The quantitative estimate of drug-likeness (QED) is 0.877. The van der Waals surface area contributed by atoms with Crippen LogP contribution in [0.25, 0.3) is 0 Å². The minimum Gasteiger partial charge on any atom is -0.355 e. The highest BCUT2D eigenvalue weighted by Gasteiger charge is 2.28. The van der Waals surface area contributed by atoms with E-state index in [0.717, 1.165) is 49.4 Å². The van der Waals surface area contributed by atoms with Crippen LogP contribution >= 0.6 is 0 Å². The minimum atomic E-state index is -0.0769. The molecular weight excluding hydrogens is 342 g/mol. The summed E-state index contributed by atoms with van der Waals surface area (Å²) in [6, 6.07) is 0.569. The van der Waals surface area contributed by atoms with Gasteiger partial charge in [-0.05, 0) is 33.1 Å². The number of aryl methyl sites for hydroxylation is 1. The maximum atomic E-state index is 13.0. The summed E-state index contributed by atoms with van der Waals surface area (Å²) < 4.78 is 2.13. The van der Waals surface area contributed by atoms with Crippen molar-refractivity contribution in [2.45, 2.75) is 45.2 Å². The molecule has 0 bridgehead atoms. The van der Waals surface area contributed by atoms with Crippen LogP contribution in [0.15, 0.2) is 18.7 Å². The van der Waals surface area contributed by atoms with E-state index in [1.165, 1.54) is 0 Å². The van der Waals surface area contributed by atoms with Crippen LogP contribution in [0.3, 0.4) is 0 Å². The summed E-state index contributed by atoms with van der Waals surface area (Å²) in [7, 11) is 0. The van der Waals surface area contributed by atoms with Crippen LogP contribution in [-0.4, -0.2) is 62.5 Å². The Hall–Kier alpha value is -2.48. The third-order valence-electron chi connectivity index (χ3n) is 5.78. The Balaban J connectivity index is 1.50. The predicted octanol–water partition coefficient (Wildman–Crippen LogP) is 1.30. The molecule has 1 atom stereocenters. The first kappa shape index (κ1) is 17.9. The van der Waals surface area contributed by atoms with E-state index in [2.05, 4.69) is 24.4 Å². The number of anilines is 1. The van der Waals surface area contributed by atoms with Gasteiger partial charge in [0, 0.05) is 61.9 Å². The molecule has 2 saturated heterocycles. The van der Waals surface area contributed by atoms with E-state index in [1.807, 2.05) is 31.3 Å². The Morgan fingerprint density at radius 1 is 1.15 bits per heavy atom. The lowest BCUT2D eigenvalue weighted by atomic mass is 10.0. The summed E-state index contributed by atoms with van der Waals surface area (Å²) >= 11 is 0. The fourth-order valence-corrected chi connectivity index (χ4v) is 3.99. The molecule has 8 heteroatoms. The molecule has 2 aliphatic rings. The molecule has 2 aliphatic heterocycles. The highest BCUT2D eigenvalue weighted by molar-refractivity contribution is 5.91. The summed E-state index contributed by atoms with van der Waals surface area (Å²) in [6.07, 6.45) is 8.42. The number of aromatic nitrogens is 4. The van der Waals surface area contributed by atoms with Crippen LogP contribution in [-0.2, 0) is 0 Å². The van der Waals surface area contributed by atoms with Gasteiger partial charge in [-0.1, -0.05) is 0 Å². The first-order valence-corrected chi connectivity index (χ1v) is 9.65. The molecule has 0 aromatic carbocycles. The van der Waals surface area contributed by atoms with Crippen molar-refractivity contribution in [3.05, 3.63) is 35.8 Å². The van der Waals surface area contributed by atoms with Crippen molar-refractivity contribution in [1.82, 2.24) is 24.4 Å². The molecule has 4 rings (SSSR count). The van der Waals surface area contributed by atoms with Crippen molar-refractivity contribution >= 4 is 11.7 Å². The standard InChI is InChI=1S/C19H27N7O/c1-13-14(2)22-17(23-18(13)25-7-3-15(20)11-25)19(27)24-8-4-16(5-9-24)26-10-6-21-12-26/h6,10,12,15-16H,3-5,7-9,11,20H2,1-2H3/t15-/m1/s1. The van der Waals surface area contributed by atoms with Crippen LogP contribution in [0, 0.1) is 13.8 Å². The summed E-state index contributed by atoms with van der Waals surface area (Å²) in [5.41, 5.74) is 7.94. The maximum absolute atomic E-state index is 13.0. The van der Waals surface area contributed by atoms with E-state index >= 15 is 0 Å². The molecule has 144 valence electrons. The molecule has 0 unspecified atom stereocenters. The fourth-order valence-electron chi connectivity index (χ4n) is 3.99. The van der Waals surface area contributed by atoms with Crippen molar-refractivity contribution < 1.29 is 4.79 Å². The molecule has 0 aliphatic carbocycles. The molecule has 2 N–H and O–H groups in total. The zero-order chi connectivity index (χ0) is 19.0. The van der Waals surface area contributed by atoms with E-state index < -0.39 is 0 Å². The average Bonchev–Trinajstić information content (AvgIpc) is 3.35. The first-order valence-electron chi connectivity index (χ1n) is 9.65. The van der Waals surface area contributed by atoms with Gasteiger partial charge in [0.05, 0.1) is 6.33 Å². The van der Waals surface area contributed by atoms with Gasteiger partial charge in [-0.2, -0.15) is 0 Å². The van der Waals surface area contributed by atoms with Crippen LogP contribution in [0.5, 0.6) is 0 Å². The van der Waals surface area contributed by atoms with E-state index in [-0.39, 0.29) is 11.9 Å². The lowest BCUT2D eigenvalue weighted by Gasteiger charge is -2.32. The van der Waals surface area contributed by atoms with E-state index in [0.29, 0.717) is 25.0 Å². The van der Waals surface area contributed by atoms with Gasteiger partial charge in [-0.25, -0.2) is 15.0 Å². The van der Waals surface area contributed by atoms with Crippen LogP contribution in [0.4, 0.5) is 5.82 Å². The van der Waals surface area contributed by atoms with Crippen molar-refractivity contribution in [2.24, 2.45) is 5.73 Å². The molecule has 27 heavy (non-hydrogen) atoms. The molecular formula is C19H27N7O. The molecule has 0 saturated carbocycles. The predicted molar refractivity (Wildman–Crippen MR) is 103 cm³/mol. The number of carbonyl (C=O) groups excluding carboxylic acids is 1. The average molecular weight is 369 g/mol. The Labute approximate surface area is 159 Å². The second-order valence-corrected chi connectivity index (χ2v) is 7.61. The minimum absolute atomic E-state index is 0.0769. The number of piperidine rings is 1. The lowest BCUT2D eigenvalue weighted by Crippen LogP contribution is -2.40. The van der Waals surface area contributed by atoms with Gasteiger partial charge >= 0.3 is 0 Å². The van der Waals surface area contributed by atoms with Crippen molar-refractivity contribution in [3.63, 3.8) is 0 Å². The topological polar surface area (TPSA) is 93.2 Å². The molecule has 2 aromatic rings. The number of carbonyl (C=O) groups is 1. The lowest BCUT2D eigenvalue weighted by molar-refractivity contribution is 0.0682. The number of hydrogen-bond donors (Lipinski definition) is 1. The number of rotatable bonds is 3. The summed E-state index contributed by atoms with van der Waals surface area (Å²) in [6.45, 7) is 7.03. The summed E-state index contributed by atoms with van der Waals surface area (Å²) in [5, 5.41) is 0. The van der Waals surface area contributed by atoms with Gasteiger partial charge in [0.2, 0.25) is 5.82 Å². The second kappa shape index (κ2) is 7.26. The molecule has 0 radical (unpaired) electrons. The van der Waals surface area contributed by atoms with Crippen LogP contribution in [0.1, 0.15) is 47.2 Å². The highest BCUT2D eigenvalue weighted by atomic mass is 16.2. The number of likely N-dealkylation sites (tertiary alicyclic amines) is 1. The normalized spacial score (nSPS) is 21.1. The first-order chi connectivity index (χ1) is 13.0. The highest BCUT2D eigenvalue weighted by Crippen LogP contribution is 2.26. The monoisotopic (exact) mass is 369 g/mol.